The fraction of sp³-hybridized carbons (Fsp3) is 0.533. The Morgan fingerprint density at radius 1 is 1.32 bits per heavy atom. The molecule has 1 aliphatic heterocycles. The first-order valence-corrected chi connectivity index (χ1v) is 7.21. The minimum atomic E-state index is 0.200. The maximum atomic E-state index is 12.0. The molecule has 104 valence electrons. The second-order valence-corrected chi connectivity index (χ2v) is 5.39. The van der Waals surface area contributed by atoms with E-state index in [0.29, 0.717) is 18.1 Å². The highest BCUT2D eigenvalue weighted by Crippen LogP contribution is 2.22. The van der Waals surface area contributed by atoms with Crippen LogP contribution >= 0.6 is 11.6 Å². The Balaban J connectivity index is 1.78. The summed E-state index contributed by atoms with van der Waals surface area (Å²) in [6.45, 7) is 4.18. The highest BCUT2D eigenvalue weighted by molar-refractivity contribution is 6.30. The molecule has 1 saturated heterocycles. The van der Waals surface area contributed by atoms with Crippen molar-refractivity contribution in [3.8, 4) is 5.75 Å². The summed E-state index contributed by atoms with van der Waals surface area (Å²) in [6, 6.07) is 5.52. The molecule has 0 aliphatic carbocycles. The van der Waals surface area contributed by atoms with Crippen molar-refractivity contribution in [1.29, 1.82) is 0 Å². The minimum absolute atomic E-state index is 0.200. The third-order valence-electron chi connectivity index (χ3n) is 3.42. The van der Waals surface area contributed by atoms with E-state index in [1.165, 1.54) is 6.42 Å². The first kappa shape index (κ1) is 14.2. The fourth-order valence-corrected chi connectivity index (χ4v) is 2.55. The van der Waals surface area contributed by atoms with Crippen molar-refractivity contribution in [3.63, 3.8) is 0 Å². The van der Waals surface area contributed by atoms with Gasteiger partial charge < -0.3 is 9.64 Å². The topological polar surface area (TPSA) is 29.5 Å². The van der Waals surface area contributed by atoms with Gasteiger partial charge in [0, 0.05) is 18.1 Å². The maximum absolute atomic E-state index is 12.0. The Hall–Kier alpha value is -1.22. The van der Waals surface area contributed by atoms with Crippen LogP contribution in [0.4, 0.5) is 0 Å². The van der Waals surface area contributed by atoms with Crippen LogP contribution in [0, 0.1) is 6.92 Å². The van der Waals surface area contributed by atoms with E-state index in [1.807, 2.05) is 24.0 Å². The molecule has 0 atom stereocenters. The molecule has 0 unspecified atom stereocenters. The number of likely N-dealkylation sites (tertiary alicyclic amines) is 1. The molecule has 0 saturated carbocycles. The van der Waals surface area contributed by atoms with Crippen LogP contribution < -0.4 is 4.74 Å². The summed E-state index contributed by atoms with van der Waals surface area (Å²) in [5.41, 5.74) is 0.998. The normalized spacial score (nSPS) is 15.4. The Labute approximate surface area is 119 Å². The van der Waals surface area contributed by atoms with Crippen molar-refractivity contribution in [3.05, 3.63) is 28.8 Å². The van der Waals surface area contributed by atoms with Gasteiger partial charge in [-0.15, -0.1) is 0 Å². The molecule has 1 amide bonds. The van der Waals surface area contributed by atoms with Gasteiger partial charge in [-0.05, 0) is 49.9 Å². The number of carbonyl (C=O) groups excluding carboxylic acids is 1. The number of benzene rings is 1. The van der Waals surface area contributed by atoms with Crippen molar-refractivity contribution >= 4 is 17.5 Å². The Morgan fingerprint density at radius 3 is 2.74 bits per heavy atom. The van der Waals surface area contributed by atoms with Crippen LogP contribution in [0.5, 0.6) is 5.75 Å². The van der Waals surface area contributed by atoms with Crippen molar-refractivity contribution in [2.45, 2.75) is 32.6 Å². The van der Waals surface area contributed by atoms with E-state index in [2.05, 4.69) is 0 Å². The number of piperidine rings is 1. The van der Waals surface area contributed by atoms with Gasteiger partial charge in [-0.2, -0.15) is 0 Å². The van der Waals surface area contributed by atoms with Gasteiger partial charge in [0.15, 0.2) is 0 Å². The van der Waals surface area contributed by atoms with Crippen LogP contribution in [0.2, 0.25) is 5.02 Å². The molecule has 1 fully saturated rings. The second-order valence-electron chi connectivity index (χ2n) is 4.95. The van der Waals surface area contributed by atoms with E-state index < -0.39 is 0 Å². The molecule has 1 aliphatic rings. The van der Waals surface area contributed by atoms with Gasteiger partial charge in [0.05, 0.1) is 13.0 Å². The molecule has 0 radical (unpaired) electrons. The van der Waals surface area contributed by atoms with E-state index >= 15 is 0 Å². The van der Waals surface area contributed by atoms with Crippen LogP contribution in [0.1, 0.15) is 31.2 Å². The molecular weight excluding hydrogens is 262 g/mol. The molecule has 4 heteroatoms. The molecule has 3 nitrogen and oxygen atoms in total. The first-order chi connectivity index (χ1) is 9.16. The van der Waals surface area contributed by atoms with Gasteiger partial charge in [-0.25, -0.2) is 0 Å². The molecule has 0 spiro atoms. The highest BCUT2D eigenvalue weighted by Gasteiger charge is 2.16. The third kappa shape index (κ3) is 4.13. The minimum Gasteiger partial charge on any atom is -0.493 e. The molecule has 0 bridgehead atoms. The Morgan fingerprint density at radius 2 is 2.05 bits per heavy atom. The van der Waals surface area contributed by atoms with Crippen molar-refractivity contribution in [2.75, 3.05) is 19.7 Å². The monoisotopic (exact) mass is 281 g/mol. The summed E-state index contributed by atoms with van der Waals surface area (Å²) in [5.74, 6) is 1.00. The predicted octanol–water partition coefficient (Wildman–Crippen LogP) is 3.43. The van der Waals surface area contributed by atoms with Crippen molar-refractivity contribution < 1.29 is 9.53 Å². The smallest absolute Gasteiger partial charge is 0.225 e. The van der Waals surface area contributed by atoms with E-state index in [9.17, 15) is 4.79 Å². The van der Waals surface area contributed by atoms with Crippen LogP contribution in [0.15, 0.2) is 18.2 Å². The van der Waals surface area contributed by atoms with Gasteiger partial charge in [0.25, 0.3) is 0 Å². The number of carbonyl (C=O) groups is 1. The summed E-state index contributed by atoms with van der Waals surface area (Å²) < 4.78 is 5.65. The summed E-state index contributed by atoms with van der Waals surface area (Å²) in [7, 11) is 0. The van der Waals surface area contributed by atoms with Crippen LogP contribution in [0.3, 0.4) is 0 Å². The largest absolute Gasteiger partial charge is 0.493 e. The zero-order valence-electron chi connectivity index (χ0n) is 11.3. The highest BCUT2D eigenvalue weighted by atomic mass is 35.5. The number of rotatable bonds is 4. The number of halogens is 1. The molecule has 0 aromatic heterocycles. The van der Waals surface area contributed by atoms with Crippen LogP contribution in [-0.2, 0) is 4.79 Å². The Kier molecular flexibility index (Phi) is 5.08. The molecule has 19 heavy (non-hydrogen) atoms. The number of ether oxygens (including phenoxy) is 1. The van der Waals surface area contributed by atoms with Gasteiger partial charge >= 0.3 is 0 Å². The van der Waals surface area contributed by atoms with E-state index in [0.717, 1.165) is 37.2 Å². The second kappa shape index (κ2) is 6.80. The van der Waals surface area contributed by atoms with Gasteiger partial charge in [-0.1, -0.05) is 11.6 Å². The first-order valence-electron chi connectivity index (χ1n) is 6.83. The molecule has 2 rings (SSSR count). The molecule has 1 heterocycles. The number of hydrogen-bond donors (Lipinski definition) is 0. The summed E-state index contributed by atoms with van der Waals surface area (Å²) >= 11 is 5.89. The third-order valence-corrected chi connectivity index (χ3v) is 3.65. The molecule has 0 N–H and O–H groups in total. The fourth-order valence-electron chi connectivity index (χ4n) is 2.32. The van der Waals surface area contributed by atoms with E-state index in [4.69, 9.17) is 16.3 Å². The lowest BCUT2D eigenvalue weighted by atomic mass is 10.1. The molecular formula is C15H20ClNO2. The van der Waals surface area contributed by atoms with Crippen molar-refractivity contribution in [1.82, 2.24) is 4.90 Å². The lowest BCUT2D eigenvalue weighted by Crippen LogP contribution is -2.36. The lowest BCUT2D eigenvalue weighted by molar-refractivity contribution is -0.132. The molecule has 1 aromatic carbocycles. The zero-order valence-corrected chi connectivity index (χ0v) is 12.1. The average Bonchev–Trinajstić information content (AvgIpc) is 2.42. The predicted molar refractivity (Wildman–Crippen MR) is 76.7 cm³/mol. The SMILES string of the molecule is Cc1cc(Cl)ccc1OCCC(=O)N1CCCCC1. The van der Waals surface area contributed by atoms with Gasteiger partial charge in [-0.3, -0.25) is 4.79 Å². The Bertz CT molecular complexity index is 442. The number of amides is 1. The zero-order chi connectivity index (χ0) is 13.7. The van der Waals surface area contributed by atoms with E-state index in [1.54, 1.807) is 6.07 Å². The summed E-state index contributed by atoms with van der Waals surface area (Å²) in [4.78, 5) is 13.9. The lowest BCUT2D eigenvalue weighted by Gasteiger charge is -2.26. The molecule has 1 aromatic rings. The maximum Gasteiger partial charge on any atom is 0.225 e. The quantitative estimate of drug-likeness (QED) is 0.846. The number of aryl methyl sites for hydroxylation is 1. The number of hydrogen-bond acceptors (Lipinski definition) is 2. The average molecular weight is 282 g/mol. The van der Waals surface area contributed by atoms with Gasteiger partial charge in [0.1, 0.15) is 5.75 Å². The van der Waals surface area contributed by atoms with Crippen LogP contribution in [-0.4, -0.2) is 30.5 Å². The number of nitrogens with zero attached hydrogens (tertiary/aromatic N) is 1. The standard InChI is InChI=1S/C15H20ClNO2/c1-12-11-13(16)5-6-14(12)19-10-7-15(18)17-8-3-2-4-9-17/h5-6,11H,2-4,7-10H2,1H3. The van der Waals surface area contributed by atoms with Gasteiger partial charge in [0.2, 0.25) is 5.91 Å². The van der Waals surface area contributed by atoms with E-state index in [-0.39, 0.29) is 5.91 Å². The summed E-state index contributed by atoms with van der Waals surface area (Å²) in [5, 5.41) is 0.703. The van der Waals surface area contributed by atoms with Crippen LogP contribution in [0.25, 0.3) is 0 Å². The van der Waals surface area contributed by atoms with Crippen molar-refractivity contribution in [2.24, 2.45) is 0 Å². The summed E-state index contributed by atoms with van der Waals surface area (Å²) in [6.07, 6.45) is 3.94.